The molecule has 2 aromatic rings. The molecular weight excluding hydrogens is 376 g/mol. The van der Waals surface area contributed by atoms with E-state index >= 15 is 0 Å². The van der Waals surface area contributed by atoms with Crippen LogP contribution in [0.4, 0.5) is 5.00 Å². The summed E-state index contributed by atoms with van der Waals surface area (Å²) in [5.41, 5.74) is -0.552. The summed E-state index contributed by atoms with van der Waals surface area (Å²) >= 11 is 2.79. The molecule has 3 rings (SSSR count). The molecule has 0 unspecified atom stereocenters. The average molecular weight is 394 g/mol. The quantitative estimate of drug-likeness (QED) is 0.719. The summed E-state index contributed by atoms with van der Waals surface area (Å²) in [7, 11) is 0. The van der Waals surface area contributed by atoms with Gasteiger partial charge in [0.15, 0.2) is 5.76 Å². The molecule has 0 aromatic carbocycles. The molecule has 1 saturated heterocycles. The summed E-state index contributed by atoms with van der Waals surface area (Å²) < 4.78 is 5.04. The Morgan fingerprint density at radius 2 is 1.96 bits per heavy atom. The van der Waals surface area contributed by atoms with Crippen LogP contribution in [0.3, 0.4) is 0 Å². The Bertz CT molecular complexity index is 822. The Hall–Kier alpha value is -2.26. The highest BCUT2D eigenvalue weighted by atomic mass is 32.2. The first-order valence-corrected chi connectivity index (χ1v) is 9.97. The standard InChI is InChI=1S/C17H18N2O5S2/c1-10-9-12(18-14(20)11-3-2-6-24-11)26-13(10)15(21)19-17(16(22)23)4-7-25-8-5-17/h2-3,6,9H,4-5,7-8H2,1H3,(H,18,20)(H,19,21)(H,22,23). The van der Waals surface area contributed by atoms with E-state index in [0.29, 0.717) is 39.8 Å². The molecule has 0 aliphatic carbocycles. The number of furan rings is 1. The SMILES string of the molecule is Cc1cc(NC(=O)c2ccco2)sc1C(=O)NC1(C(=O)O)CCSCC1. The first kappa shape index (κ1) is 18.5. The highest BCUT2D eigenvalue weighted by Crippen LogP contribution is 2.31. The minimum Gasteiger partial charge on any atom is -0.480 e. The number of hydrogen-bond acceptors (Lipinski definition) is 6. The third-order valence-electron chi connectivity index (χ3n) is 4.21. The van der Waals surface area contributed by atoms with Gasteiger partial charge in [-0.2, -0.15) is 11.8 Å². The van der Waals surface area contributed by atoms with Crippen LogP contribution in [-0.4, -0.2) is 39.9 Å². The summed E-state index contributed by atoms with van der Waals surface area (Å²) in [6.45, 7) is 1.75. The highest BCUT2D eigenvalue weighted by Gasteiger charge is 2.41. The Labute approximate surface area is 158 Å². The predicted octanol–water partition coefficient (Wildman–Crippen LogP) is 2.98. The van der Waals surface area contributed by atoms with Crippen molar-refractivity contribution in [2.45, 2.75) is 25.3 Å². The van der Waals surface area contributed by atoms with E-state index in [1.54, 1.807) is 36.9 Å². The number of carbonyl (C=O) groups is 3. The number of aryl methyl sites for hydroxylation is 1. The summed E-state index contributed by atoms with van der Waals surface area (Å²) in [4.78, 5) is 36.8. The monoisotopic (exact) mass is 394 g/mol. The predicted molar refractivity (Wildman–Crippen MR) is 100 cm³/mol. The van der Waals surface area contributed by atoms with E-state index in [2.05, 4.69) is 10.6 Å². The van der Waals surface area contributed by atoms with E-state index in [9.17, 15) is 19.5 Å². The van der Waals surface area contributed by atoms with Crippen LogP contribution in [0.25, 0.3) is 0 Å². The fraction of sp³-hybridized carbons (Fsp3) is 0.353. The molecule has 1 fully saturated rings. The molecule has 0 spiro atoms. The van der Waals surface area contributed by atoms with Crippen molar-refractivity contribution in [1.29, 1.82) is 0 Å². The van der Waals surface area contributed by atoms with Crippen molar-refractivity contribution in [3.8, 4) is 0 Å². The Morgan fingerprint density at radius 1 is 1.23 bits per heavy atom. The molecule has 0 saturated carbocycles. The number of aliphatic carboxylic acids is 1. The number of carbonyl (C=O) groups excluding carboxylic acids is 2. The van der Waals surface area contributed by atoms with Crippen LogP contribution in [0.5, 0.6) is 0 Å². The zero-order valence-corrected chi connectivity index (χ0v) is 15.7. The van der Waals surface area contributed by atoms with Crippen LogP contribution >= 0.6 is 23.1 Å². The van der Waals surface area contributed by atoms with E-state index < -0.39 is 23.3 Å². The zero-order chi connectivity index (χ0) is 18.7. The molecule has 2 aromatic heterocycles. The van der Waals surface area contributed by atoms with Gasteiger partial charge >= 0.3 is 5.97 Å². The van der Waals surface area contributed by atoms with Gasteiger partial charge in [0.1, 0.15) is 5.54 Å². The number of thiophene rings is 1. The van der Waals surface area contributed by atoms with Crippen LogP contribution in [0.15, 0.2) is 28.9 Å². The van der Waals surface area contributed by atoms with Gasteiger partial charge in [0.25, 0.3) is 11.8 Å². The first-order chi connectivity index (χ1) is 12.4. The lowest BCUT2D eigenvalue weighted by atomic mass is 9.92. The molecular formula is C17H18N2O5S2. The average Bonchev–Trinajstić information content (AvgIpc) is 3.25. The van der Waals surface area contributed by atoms with Crippen molar-refractivity contribution in [3.05, 3.63) is 40.7 Å². The second kappa shape index (κ2) is 7.55. The maximum atomic E-state index is 12.7. The number of carboxylic acid groups (broad SMARTS) is 1. The van der Waals surface area contributed by atoms with Gasteiger partial charge in [0, 0.05) is 0 Å². The smallest absolute Gasteiger partial charge is 0.329 e. The van der Waals surface area contributed by atoms with Gasteiger partial charge in [-0.15, -0.1) is 11.3 Å². The van der Waals surface area contributed by atoms with Gasteiger partial charge in [-0.05, 0) is 55.0 Å². The topological polar surface area (TPSA) is 109 Å². The third-order valence-corrected chi connectivity index (χ3v) is 6.35. The van der Waals surface area contributed by atoms with Crippen LogP contribution in [0, 0.1) is 6.92 Å². The normalized spacial score (nSPS) is 16.0. The molecule has 1 aliphatic heterocycles. The van der Waals surface area contributed by atoms with Crippen molar-refractivity contribution in [2.24, 2.45) is 0 Å². The van der Waals surface area contributed by atoms with Gasteiger partial charge in [-0.1, -0.05) is 0 Å². The molecule has 0 atom stereocenters. The molecule has 3 heterocycles. The van der Waals surface area contributed by atoms with Crippen molar-refractivity contribution in [2.75, 3.05) is 16.8 Å². The number of anilines is 1. The number of hydrogen-bond donors (Lipinski definition) is 3. The lowest BCUT2D eigenvalue weighted by Gasteiger charge is -2.33. The van der Waals surface area contributed by atoms with Crippen molar-refractivity contribution in [3.63, 3.8) is 0 Å². The molecule has 0 radical (unpaired) electrons. The highest BCUT2D eigenvalue weighted by molar-refractivity contribution is 7.99. The lowest BCUT2D eigenvalue weighted by molar-refractivity contribution is -0.144. The van der Waals surface area contributed by atoms with E-state index in [0.717, 1.165) is 11.3 Å². The summed E-state index contributed by atoms with van der Waals surface area (Å²) in [5, 5.41) is 15.5. The zero-order valence-electron chi connectivity index (χ0n) is 14.0. The Morgan fingerprint density at radius 3 is 2.58 bits per heavy atom. The van der Waals surface area contributed by atoms with Gasteiger partial charge in [-0.3, -0.25) is 9.59 Å². The van der Waals surface area contributed by atoms with Gasteiger partial charge < -0.3 is 20.2 Å². The molecule has 0 bridgehead atoms. The fourth-order valence-corrected chi connectivity index (χ4v) is 4.89. The van der Waals surface area contributed by atoms with E-state index in [4.69, 9.17) is 4.42 Å². The van der Waals surface area contributed by atoms with Crippen molar-refractivity contribution < 1.29 is 23.9 Å². The number of nitrogens with one attached hydrogen (secondary N) is 2. The third kappa shape index (κ3) is 3.78. The largest absolute Gasteiger partial charge is 0.480 e. The van der Waals surface area contributed by atoms with E-state index in [-0.39, 0.29) is 5.76 Å². The molecule has 3 N–H and O–H groups in total. The molecule has 7 nitrogen and oxygen atoms in total. The van der Waals surface area contributed by atoms with Crippen molar-refractivity contribution >= 4 is 45.9 Å². The van der Waals surface area contributed by atoms with Crippen LogP contribution in [-0.2, 0) is 4.79 Å². The molecule has 2 amide bonds. The van der Waals surface area contributed by atoms with Crippen LogP contribution in [0.2, 0.25) is 0 Å². The van der Waals surface area contributed by atoms with Gasteiger partial charge in [0.2, 0.25) is 0 Å². The van der Waals surface area contributed by atoms with Crippen LogP contribution in [0.1, 0.15) is 38.6 Å². The summed E-state index contributed by atoms with van der Waals surface area (Å²) in [6.07, 6.45) is 2.19. The maximum Gasteiger partial charge on any atom is 0.329 e. The van der Waals surface area contributed by atoms with E-state index in [1.165, 1.54) is 6.26 Å². The molecule has 9 heteroatoms. The summed E-state index contributed by atoms with van der Waals surface area (Å²) in [5.74, 6) is -0.283. The number of rotatable bonds is 5. The summed E-state index contributed by atoms with van der Waals surface area (Å²) in [6, 6.07) is 4.84. The number of amides is 2. The van der Waals surface area contributed by atoms with Gasteiger partial charge in [-0.25, -0.2) is 4.79 Å². The fourth-order valence-electron chi connectivity index (χ4n) is 2.74. The maximum absolute atomic E-state index is 12.7. The van der Waals surface area contributed by atoms with E-state index in [1.807, 2.05) is 0 Å². The number of carboxylic acids is 1. The van der Waals surface area contributed by atoms with Gasteiger partial charge in [0.05, 0.1) is 16.1 Å². The second-order valence-electron chi connectivity index (χ2n) is 6.01. The van der Waals surface area contributed by atoms with Crippen LogP contribution < -0.4 is 10.6 Å². The minimum atomic E-state index is -1.23. The lowest BCUT2D eigenvalue weighted by Crippen LogP contribution is -2.56. The Balaban J connectivity index is 1.74. The Kier molecular flexibility index (Phi) is 5.38. The van der Waals surface area contributed by atoms with Crippen molar-refractivity contribution in [1.82, 2.24) is 5.32 Å². The second-order valence-corrected chi connectivity index (χ2v) is 8.28. The minimum absolute atomic E-state index is 0.173. The molecule has 1 aliphatic rings. The first-order valence-electron chi connectivity index (χ1n) is 8.00. The molecule has 138 valence electrons. The number of thioether (sulfide) groups is 1. The molecule has 26 heavy (non-hydrogen) atoms.